The summed E-state index contributed by atoms with van der Waals surface area (Å²) in [4.78, 5) is 20.4. The van der Waals surface area contributed by atoms with Crippen LogP contribution in [0.2, 0.25) is 0 Å². The van der Waals surface area contributed by atoms with Crippen molar-refractivity contribution in [1.29, 1.82) is 0 Å². The highest BCUT2D eigenvalue weighted by molar-refractivity contribution is 5.76. The predicted octanol–water partition coefficient (Wildman–Crippen LogP) is 0.477. The van der Waals surface area contributed by atoms with Crippen LogP contribution in [0.3, 0.4) is 0 Å². The van der Waals surface area contributed by atoms with E-state index >= 15 is 0 Å². The molecule has 2 N–H and O–H groups in total. The topological polar surface area (TPSA) is 60.2 Å². The number of primary amides is 1. The standard InChI is InChI=1S/C7H13NO2/c1-2-6(7(8)10)4-3-5-9/h5-6H,2-4H2,1H3,(H2,8,10). The minimum absolute atomic E-state index is 0.120. The van der Waals surface area contributed by atoms with E-state index in [1.165, 1.54) is 0 Å². The summed E-state index contributed by atoms with van der Waals surface area (Å²) in [6.07, 6.45) is 2.56. The number of rotatable bonds is 5. The lowest BCUT2D eigenvalue weighted by Gasteiger charge is -2.06. The third kappa shape index (κ3) is 3.22. The van der Waals surface area contributed by atoms with Crippen molar-refractivity contribution < 1.29 is 9.59 Å². The van der Waals surface area contributed by atoms with E-state index in [2.05, 4.69) is 0 Å². The first-order valence-electron chi connectivity index (χ1n) is 3.45. The van der Waals surface area contributed by atoms with E-state index in [-0.39, 0.29) is 11.8 Å². The molecule has 0 aromatic heterocycles. The monoisotopic (exact) mass is 143 g/mol. The van der Waals surface area contributed by atoms with Crippen molar-refractivity contribution in [2.45, 2.75) is 26.2 Å². The van der Waals surface area contributed by atoms with Crippen molar-refractivity contribution in [3.8, 4) is 0 Å². The van der Waals surface area contributed by atoms with Gasteiger partial charge in [0.1, 0.15) is 6.29 Å². The highest BCUT2D eigenvalue weighted by Crippen LogP contribution is 2.08. The number of nitrogens with two attached hydrogens (primary N) is 1. The van der Waals surface area contributed by atoms with Crippen LogP contribution in [0, 0.1) is 5.92 Å². The molecule has 0 saturated carbocycles. The number of carbonyl (C=O) groups excluding carboxylic acids is 2. The average Bonchev–Trinajstić information content (AvgIpc) is 1.89. The van der Waals surface area contributed by atoms with Crippen LogP contribution >= 0.6 is 0 Å². The van der Waals surface area contributed by atoms with E-state index in [0.717, 1.165) is 12.7 Å². The maximum absolute atomic E-state index is 10.5. The van der Waals surface area contributed by atoms with E-state index in [0.29, 0.717) is 12.8 Å². The Morgan fingerprint density at radius 2 is 2.30 bits per heavy atom. The molecule has 0 saturated heterocycles. The van der Waals surface area contributed by atoms with Crippen molar-refractivity contribution >= 4 is 12.2 Å². The zero-order chi connectivity index (χ0) is 7.98. The van der Waals surface area contributed by atoms with E-state index < -0.39 is 0 Å². The van der Waals surface area contributed by atoms with Crippen LogP contribution < -0.4 is 5.73 Å². The Morgan fingerprint density at radius 3 is 2.60 bits per heavy atom. The second-order valence-electron chi connectivity index (χ2n) is 2.25. The van der Waals surface area contributed by atoms with Gasteiger partial charge in [-0.3, -0.25) is 4.79 Å². The van der Waals surface area contributed by atoms with Gasteiger partial charge in [-0.15, -0.1) is 0 Å². The third-order valence-corrected chi connectivity index (χ3v) is 1.53. The number of hydrogen-bond donors (Lipinski definition) is 1. The van der Waals surface area contributed by atoms with Crippen LogP contribution in [-0.4, -0.2) is 12.2 Å². The van der Waals surface area contributed by atoms with Gasteiger partial charge in [-0.25, -0.2) is 0 Å². The van der Waals surface area contributed by atoms with Gasteiger partial charge in [0.05, 0.1) is 0 Å². The molecular weight excluding hydrogens is 130 g/mol. The fraction of sp³-hybridized carbons (Fsp3) is 0.714. The zero-order valence-corrected chi connectivity index (χ0v) is 6.17. The fourth-order valence-electron chi connectivity index (χ4n) is 0.817. The first-order valence-corrected chi connectivity index (χ1v) is 3.45. The molecular formula is C7H13NO2. The molecule has 1 unspecified atom stereocenters. The van der Waals surface area contributed by atoms with E-state index in [1.54, 1.807) is 0 Å². The van der Waals surface area contributed by atoms with Gasteiger partial charge in [0.25, 0.3) is 0 Å². The molecule has 0 bridgehead atoms. The van der Waals surface area contributed by atoms with Gasteiger partial charge < -0.3 is 10.5 Å². The minimum Gasteiger partial charge on any atom is -0.369 e. The Kier molecular flexibility index (Phi) is 4.54. The van der Waals surface area contributed by atoms with Crippen molar-refractivity contribution in [2.75, 3.05) is 0 Å². The smallest absolute Gasteiger partial charge is 0.220 e. The van der Waals surface area contributed by atoms with E-state index in [4.69, 9.17) is 5.73 Å². The first kappa shape index (κ1) is 9.14. The zero-order valence-electron chi connectivity index (χ0n) is 6.17. The molecule has 0 heterocycles. The molecule has 1 amide bonds. The summed E-state index contributed by atoms with van der Waals surface area (Å²) < 4.78 is 0. The van der Waals surface area contributed by atoms with E-state index in [1.807, 2.05) is 6.92 Å². The first-order chi connectivity index (χ1) is 4.72. The number of carbonyl (C=O) groups is 2. The molecule has 0 rings (SSSR count). The second-order valence-corrected chi connectivity index (χ2v) is 2.25. The number of hydrogen-bond acceptors (Lipinski definition) is 2. The Hall–Kier alpha value is -0.860. The van der Waals surface area contributed by atoms with Crippen LogP contribution in [0.15, 0.2) is 0 Å². The maximum atomic E-state index is 10.5. The quantitative estimate of drug-likeness (QED) is 0.569. The van der Waals surface area contributed by atoms with Crippen molar-refractivity contribution in [3.05, 3.63) is 0 Å². The molecule has 0 aliphatic carbocycles. The highest BCUT2D eigenvalue weighted by Gasteiger charge is 2.10. The SMILES string of the molecule is CCC(CCC=O)C(N)=O. The van der Waals surface area contributed by atoms with Crippen LogP contribution in [0.1, 0.15) is 26.2 Å². The van der Waals surface area contributed by atoms with Gasteiger partial charge in [0.2, 0.25) is 5.91 Å². The number of amides is 1. The van der Waals surface area contributed by atoms with Gasteiger partial charge in [-0.05, 0) is 12.8 Å². The molecule has 3 nitrogen and oxygen atoms in total. The van der Waals surface area contributed by atoms with Crippen LogP contribution in [0.4, 0.5) is 0 Å². The van der Waals surface area contributed by atoms with Gasteiger partial charge in [0, 0.05) is 12.3 Å². The molecule has 1 atom stereocenters. The van der Waals surface area contributed by atoms with Crippen LogP contribution in [-0.2, 0) is 9.59 Å². The van der Waals surface area contributed by atoms with E-state index in [9.17, 15) is 9.59 Å². The largest absolute Gasteiger partial charge is 0.369 e. The fourth-order valence-corrected chi connectivity index (χ4v) is 0.817. The lowest BCUT2D eigenvalue weighted by atomic mass is 10.0. The molecule has 0 aliphatic heterocycles. The Bertz CT molecular complexity index is 123. The summed E-state index contributed by atoms with van der Waals surface area (Å²) in [7, 11) is 0. The summed E-state index contributed by atoms with van der Waals surface area (Å²) in [6, 6.07) is 0. The Morgan fingerprint density at radius 1 is 1.70 bits per heavy atom. The molecule has 0 aromatic rings. The van der Waals surface area contributed by atoms with Crippen LogP contribution in [0.25, 0.3) is 0 Å². The molecule has 0 radical (unpaired) electrons. The summed E-state index contributed by atoms with van der Waals surface area (Å²) >= 11 is 0. The lowest BCUT2D eigenvalue weighted by molar-refractivity contribution is -0.122. The van der Waals surface area contributed by atoms with Gasteiger partial charge in [-0.1, -0.05) is 6.92 Å². The molecule has 0 aromatic carbocycles. The maximum Gasteiger partial charge on any atom is 0.220 e. The Labute approximate surface area is 60.6 Å². The molecule has 0 aliphatic rings. The van der Waals surface area contributed by atoms with Crippen molar-refractivity contribution in [2.24, 2.45) is 11.7 Å². The molecule has 3 heteroatoms. The van der Waals surface area contributed by atoms with Gasteiger partial charge in [-0.2, -0.15) is 0 Å². The molecule has 0 fully saturated rings. The molecule has 0 spiro atoms. The highest BCUT2D eigenvalue weighted by atomic mass is 16.1. The summed E-state index contributed by atoms with van der Waals surface area (Å²) in [5, 5.41) is 0. The summed E-state index contributed by atoms with van der Waals surface area (Å²) in [5.41, 5.74) is 5.03. The second kappa shape index (κ2) is 4.97. The van der Waals surface area contributed by atoms with Gasteiger partial charge >= 0.3 is 0 Å². The lowest BCUT2D eigenvalue weighted by Crippen LogP contribution is -2.22. The van der Waals surface area contributed by atoms with Gasteiger partial charge in [0.15, 0.2) is 0 Å². The number of aldehydes is 1. The normalized spacial score (nSPS) is 12.5. The van der Waals surface area contributed by atoms with Crippen molar-refractivity contribution in [1.82, 2.24) is 0 Å². The third-order valence-electron chi connectivity index (χ3n) is 1.53. The van der Waals surface area contributed by atoms with Crippen molar-refractivity contribution in [3.63, 3.8) is 0 Å². The molecule has 58 valence electrons. The summed E-state index contributed by atoms with van der Waals surface area (Å²) in [5.74, 6) is -0.422. The Balaban J connectivity index is 3.60. The molecule has 10 heavy (non-hydrogen) atoms. The van der Waals surface area contributed by atoms with Crippen LogP contribution in [0.5, 0.6) is 0 Å². The minimum atomic E-state index is -0.302. The predicted molar refractivity (Wildman–Crippen MR) is 38.3 cm³/mol. The summed E-state index contributed by atoms with van der Waals surface area (Å²) in [6.45, 7) is 1.89. The average molecular weight is 143 g/mol.